The molecule has 1 heterocycles. The van der Waals surface area contributed by atoms with Crippen LogP contribution >= 0.6 is 11.3 Å². The number of benzene rings is 2. The van der Waals surface area contributed by atoms with Gasteiger partial charge in [-0.2, -0.15) is 0 Å². The lowest BCUT2D eigenvalue weighted by Gasteiger charge is -2.14. The number of anilines is 1. The molecule has 0 radical (unpaired) electrons. The molecule has 0 unspecified atom stereocenters. The number of allylic oxidation sites excluding steroid dienone is 1. The van der Waals surface area contributed by atoms with E-state index in [2.05, 4.69) is 16.9 Å². The van der Waals surface area contributed by atoms with E-state index in [0.717, 1.165) is 5.56 Å². The smallest absolute Gasteiger partial charge is 0.257 e. The third-order valence-electron chi connectivity index (χ3n) is 4.34. The number of hydrogen-bond acceptors (Lipinski definition) is 6. The van der Waals surface area contributed by atoms with E-state index in [1.54, 1.807) is 30.7 Å². The Hall–Kier alpha value is -3.39. The fourth-order valence-electron chi connectivity index (χ4n) is 2.99. The number of carbonyl (C=O) groups is 1. The predicted octanol–water partition coefficient (Wildman–Crippen LogP) is 4.96. The maximum absolute atomic E-state index is 13.7. The summed E-state index contributed by atoms with van der Waals surface area (Å²) < 4.78 is 29.7. The summed E-state index contributed by atoms with van der Waals surface area (Å²) in [5.74, 6) is 0.751. The van der Waals surface area contributed by atoms with Crippen LogP contribution in [0.4, 0.5) is 9.52 Å². The zero-order valence-corrected chi connectivity index (χ0v) is 17.6. The summed E-state index contributed by atoms with van der Waals surface area (Å²) in [6.45, 7) is 3.74. The van der Waals surface area contributed by atoms with Crippen LogP contribution in [0, 0.1) is 5.82 Å². The Morgan fingerprint density at radius 1 is 1.17 bits per heavy atom. The highest BCUT2D eigenvalue weighted by Crippen LogP contribution is 2.35. The summed E-state index contributed by atoms with van der Waals surface area (Å²) in [5, 5.41) is 4.87. The van der Waals surface area contributed by atoms with Crippen molar-refractivity contribution in [2.75, 3.05) is 26.6 Å². The summed E-state index contributed by atoms with van der Waals surface area (Å²) >= 11 is 1.23. The van der Waals surface area contributed by atoms with Crippen LogP contribution in [0.15, 0.2) is 48.4 Å². The third kappa shape index (κ3) is 4.44. The second kappa shape index (κ2) is 9.41. The fraction of sp³-hybridized carbons (Fsp3) is 0.182. The molecule has 8 heteroatoms. The van der Waals surface area contributed by atoms with E-state index in [1.807, 2.05) is 0 Å². The highest BCUT2D eigenvalue weighted by Gasteiger charge is 2.18. The second-order valence-corrected chi connectivity index (χ2v) is 7.06. The molecule has 1 aromatic heterocycles. The number of aromatic nitrogens is 1. The van der Waals surface area contributed by atoms with Crippen LogP contribution in [-0.2, 0) is 6.42 Å². The molecular formula is C22H21FN2O4S. The number of ether oxygens (including phenoxy) is 3. The van der Waals surface area contributed by atoms with Crippen LogP contribution in [0.2, 0.25) is 0 Å². The molecule has 0 saturated carbocycles. The Labute approximate surface area is 177 Å². The number of nitrogens with one attached hydrogen (secondary N) is 1. The highest BCUT2D eigenvalue weighted by molar-refractivity contribution is 7.14. The number of thiazole rings is 1. The number of amides is 1. The zero-order valence-electron chi connectivity index (χ0n) is 16.8. The summed E-state index contributed by atoms with van der Waals surface area (Å²) in [5.41, 5.74) is 2.19. The Balaban J connectivity index is 1.88. The van der Waals surface area contributed by atoms with Crippen molar-refractivity contribution in [3.05, 3.63) is 65.3 Å². The monoisotopic (exact) mass is 428 g/mol. The van der Waals surface area contributed by atoms with E-state index < -0.39 is 5.82 Å². The van der Waals surface area contributed by atoms with Crippen molar-refractivity contribution in [3.8, 4) is 28.5 Å². The molecule has 6 nitrogen and oxygen atoms in total. The molecule has 1 amide bonds. The van der Waals surface area contributed by atoms with Crippen LogP contribution in [0.1, 0.15) is 15.9 Å². The Morgan fingerprint density at radius 3 is 2.60 bits per heavy atom. The van der Waals surface area contributed by atoms with Crippen molar-refractivity contribution < 1.29 is 23.4 Å². The third-order valence-corrected chi connectivity index (χ3v) is 5.10. The van der Waals surface area contributed by atoms with Gasteiger partial charge in [-0.25, -0.2) is 9.37 Å². The summed E-state index contributed by atoms with van der Waals surface area (Å²) in [7, 11) is 4.56. The van der Waals surface area contributed by atoms with Crippen LogP contribution in [-0.4, -0.2) is 32.2 Å². The predicted molar refractivity (Wildman–Crippen MR) is 115 cm³/mol. The average molecular weight is 428 g/mol. The van der Waals surface area contributed by atoms with Crippen molar-refractivity contribution >= 4 is 22.4 Å². The van der Waals surface area contributed by atoms with E-state index in [9.17, 15) is 9.18 Å². The van der Waals surface area contributed by atoms with E-state index in [1.165, 1.54) is 43.8 Å². The van der Waals surface area contributed by atoms with Gasteiger partial charge >= 0.3 is 0 Å². The summed E-state index contributed by atoms with van der Waals surface area (Å²) in [4.78, 5) is 17.2. The average Bonchev–Trinajstić information content (AvgIpc) is 3.21. The van der Waals surface area contributed by atoms with Crippen molar-refractivity contribution in [1.29, 1.82) is 0 Å². The van der Waals surface area contributed by atoms with Gasteiger partial charge in [0.1, 0.15) is 11.6 Å². The van der Waals surface area contributed by atoms with Crippen LogP contribution in [0.5, 0.6) is 17.2 Å². The van der Waals surface area contributed by atoms with Gasteiger partial charge in [0.2, 0.25) is 0 Å². The first-order valence-corrected chi connectivity index (χ1v) is 9.85. The molecule has 0 aliphatic rings. The van der Waals surface area contributed by atoms with Gasteiger partial charge in [0.15, 0.2) is 16.6 Å². The lowest BCUT2D eigenvalue weighted by molar-refractivity contribution is 0.102. The van der Waals surface area contributed by atoms with E-state index in [-0.39, 0.29) is 5.91 Å². The standard InChI is InChI=1S/C22H21FN2O4S/c1-5-6-13-9-14(10-19(28-3)20(13)29-4)21(26)25-22-24-17(12-30-22)16-11-15(23)7-8-18(16)27-2/h5,7-12H,1,6H2,2-4H3,(H,24,25,26). The molecule has 0 aliphatic heterocycles. The molecule has 0 aliphatic carbocycles. The minimum Gasteiger partial charge on any atom is -0.496 e. The van der Waals surface area contributed by atoms with Gasteiger partial charge in [0, 0.05) is 22.1 Å². The quantitative estimate of drug-likeness (QED) is 0.514. The van der Waals surface area contributed by atoms with Gasteiger partial charge in [-0.15, -0.1) is 17.9 Å². The minimum atomic E-state index is -0.399. The molecule has 0 fully saturated rings. The highest BCUT2D eigenvalue weighted by atomic mass is 32.1. The Morgan fingerprint density at radius 2 is 1.93 bits per heavy atom. The molecule has 3 rings (SSSR count). The summed E-state index contributed by atoms with van der Waals surface area (Å²) in [6, 6.07) is 7.52. The zero-order chi connectivity index (χ0) is 21.7. The normalized spacial score (nSPS) is 10.4. The molecular weight excluding hydrogens is 407 g/mol. The largest absolute Gasteiger partial charge is 0.496 e. The number of rotatable bonds is 8. The topological polar surface area (TPSA) is 69.7 Å². The van der Waals surface area contributed by atoms with Gasteiger partial charge in [-0.3, -0.25) is 10.1 Å². The fourth-order valence-corrected chi connectivity index (χ4v) is 3.69. The Kier molecular flexibility index (Phi) is 6.68. The van der Waals surface area contributed by atoms with E-state index >= 15 is 0 Å². The van der Waals surface area contributed by atoms with Gasteiger partial charge < -0.3 is 14.2 Å². The molecule has 30 heavy (non-hydrogen) atoms. The maximum atomic E-state index is 13.7. The molecule has 2 aromatic carbocycles. The first-order valence-electron chi connectivity index (χ1n) is 8.97. The number of nitrogens with zero attached hydrogens (tertiary/aromatic N) is 1. The van der Waals surface area contributed by atoms with Gasteiger partial charge in [0.25, 0.3) is 5.91 Å². The summed E-state index contributed by atoms with van der Waals surface area (Å²) in [6.07, 6.45) is 2.24. The maximum Gasteiger partial charge on any atom is 0.257 e. The van der Waals surface area contributed by atoms with Crippen LogP contribution in [0.25, 0.3) is 11.3 Å². The van der Waals surface area contributed by atoms with Crippen molar-refractivity contribution in [2.24, 2.45) is 0 Å². The molecule has 0 bridgehead atoms. The molecule has 0 spiro atoms. The van der Waals surface area contributed by atoms with Crippen LogP contribution < -0.4 is 19.5 Å². The Bertz CT molecular complexity index is 1080. The lowest BCUT2D eigenvalue weighted by Crippen LogP contribution is -2.13. The lowest BCUT2D eigenvalue weighted by atomic mass is 10.1. The minimum absolute atomic E-state index is 0.353. The molecule has 3 aromatic rings. The van der Waals surface area contributed by atoms with E-state index in [0.29, 0.717) is 45.6 Å². The van der Waals surface area contributed by atoms with Gasteiger partial charge in [-0.1, -0.05) is 6.08 Å². The van der Waals surface area contributed by atoms with Gasteiger partial charge in [-0.05, 0) is 36.8 Å². The molecule has 1 N–H and O–H groups in total. The number of hydrogen-bond donors (Lipinski definition) is 1. The number of halogens is 1. The first kappa shape index (κ1) is 21.3. The number of carbonyl (C=O) groups excluding carboxylic acids is 1. The van der Waals surface area contributed by atoms with Crippen LogP contribution in [0.3, 0.4) is 0 Å². The first-order chi connectivity index (χ1) is 14.5. The van der Waals surface area contributed by atoms with E-state index in [4.69, 9.17) is 14.2 Å². The van der Waals surface area contributed by atoms with Crippen molar-refractivity contribution in [3.63, 3.8) is 0 Å². The second-order valence-electron chi connectivity index (χ2n) is 6.20. The number of methoxy groups -OCH3 is 3. The molecule has 0 atom stereocenters. The SMILES string of the molecule is C=CCc1cc(C(=O)Nc2nc(-c3cc(F)ccc3OC)cs2)cc(OC)c1OC. The van der Waals surface area contributed by atoms with Gasteiger partial charge in [0.05, 0.1) is 27.0 Å². The molecule has 0 saturated heterocycles. The molecule has 156 valence electrons. The van der Waals surface area contributed by atoms with Crippen molar-refractivity contribution in [1.82, 2.24) is 4.98 Å². The van der Waals surface area contributed by atoms with Crippen molar-refractivity contribution in [2.45, 2.75) is 6.42 Å².